The van der Waals surface area contributed by atoms with E-state index in [-0.39, 0.29) is 5.41 Å². The standard InChI is InChI=1S/C18H24ClN3O2/c19-15-3-1-8-20-16(15)21-10-7-18(13-21)6-2-9-22(17(18)23)14-4-11-24-12-5-14/h1,3,8,14H,2,4-7,9-13H2/t18-/m0/s1. The van der Waals surface area contributed by atoms with Gasteiger partial charge in [-0.05, 0) is 44.2 Å². The molecule has 3 saturated heterocycles. The Morgan fingerprint density at radius 3 is 2.88 bits per heavy atom. The summed E-state index contributed by atoms with van der Waals surface area (Å²) in [6.07, 6.45) is 6.68. The lowest BCUT2D eigenvalue weighted by Crippen LogP contribution is -2.54. The molecular formula is C18H24ClN3O2. The van der Waals surface area contributed by atoms with Crippen LogP contribution in [0.5, 0.6) is 0 Å². The lowest BCUT2D eigenvalue weighted by Gasteiger charge is -2.44. The monoisotopic (exact) mass is 349 g/mol. The minimum absolute atomic E-state index is 0.253. The topological polar surface area (TPSA) is 45.7 Å². The van der Waals surface area contributed by atoms with Gasteiger partial charge in [0.15, 0.2) is 0 Å². The number of nitrogens with zero attached hydrogens (tertiary/aromatic N) is 3. The number of hydrogen-bond donors (Lipinski definition) is 0. The molecule has 3 aliphatic heterocycles. The highest BCUT2D eigenvalue weighted by Crippen LogP contribution is 2.43. The molecule has 0 unspecified atom stereocenters. The molecule has 3 fully saturated rings. The number of halogens is 1. The van der Waals surface area contributed by atoms with Crippen molar-refractivity contribution in [2.75, 3.05) is 37.7 Å². The van der Waals surface area contributed by atoms with Gasteiger partial charge in [0.05, 0.1) is 10.4 Å². The van der Waals surface area contributed by atoms with Crippen LogP contribution in [0.3, 0.4) is 0 Å². The number of pyridine rings is 1. The predicted octanol–water partition coefficient (Wildman–Crippen LogP) is 2.73. The Hall–Kier alpha value is -1.33. The summed E-state index contributed by atoms with van der Waals surface area (Å²) in [6, 6.07) is 4.07. The first-order valence-electron chi connectivity index (χ1n) is 8.94. The molecule has 1 atom stereocenters. The molecule has 0 aromatic carbocycles. The predicted molar refractivity (Wildman–Crippen MR) is 93.3 cm³/mol. The molecule has 24 heavy (non-hydrogen) atoms. The third-order valence-electron chi connectivity index (χ3n) is 5.79. The van der Waals surface area contributed by atoms with Crippen LogP contribution in [-0.4, -0.2) is 54.7 Å². The molecule has 3 aliphatic rings. The van der Waals surface area contributed by atoms with Gasteiger partial charge in [-0.2, -0.15) is 0 Å². The molecule has 1 aromatic rings. The smallest absolute Gasteiger partial charge is 0.230 e. The van der Waals surface area contributed by atoms with Crippen LogP contribution in [0, 0.1) is 5.41 Å². The minimum Gasteiger partial charge on any atom is -0.381 e. The van der Waals surface area contributed by atoms with Crippen molar-refractivity contribution < 1.29 is 9.53 Å². The highest BCUT2D eigenvalue weighted by molar-refractivity contribution is 6.32. The van der Waals surface area contributed by atoms with Gasteiger partial charge in [-0.1, -0.05) is 11.6 Å². The molecule has 1 amide bonds. The number of aromatic nitrogens is 1. The van der Waals surface area contributed by atoms with Crippen molar-refractivity contribution >= 4 is 23.3 Å². The third kappa shape index (κ3) is 2.78. The highest BCUT2D eigenvalue weighted by Gasteiger charge is 2.50. The number of ether oxygens (including phenoxy) is 1. The Balaban J connectivity index is 1.52. The van der Waals surface area contributed by atoms with E-state index < -0.39 is 0 Å². The number of hydrogen-bond acceptors (Lipinski definition) is 4. The summed E-state index contributed by atoms with van der Waals surface area (Å²) in [6.45, 7) is 4.04. The van der Waals surface area contributed by atoms with Crippen LogP contribution >= 0.6 is 11.6 Å². The molecule has 130 valence electrons. The fourth-order valence-corrected chi connectivity index (χ4v) is 4.73. The maximum Gasteiger partial charge on any atom is 0.230 e. The molecule has 1 spiro atoms. The van der Waals surface area contributed by atoms with Crippen molar-refractivity contribution in [3.63, 3.8) is 0 Å². The van der Waals surface area contributed by atoms with Gasteiger partial charge in [0.1, 0.15) is 5.82 Å². The molecule has 0 saturated carbocycles. The summed E-state index contributed by atoms with van der Waals surface area (Å²) in [5, 5.41) is 0.666. The number of carbonyl (C=O) groups is 1. The van der Waals surface area contributed by atoms with Gasteiger partial charge in [-0.15, -0.1) is 0 Å². The van der Waals surface area contributed by atoms with Gasteiger partial charge in [-0.3, -0.25) is 4.79 Å². The van der Waals surface area contributed by atoms with Crippen LogP contribution in [0.1, 0.15) is 32.1 Å². The van der Waals surface area contributed by atoms with Gasteiger partial charge in [0, 0.05) is 45.1 Å². The third-order valence-corrected chi connectivity index (χ3v) is 6.09. The van der Waals surface area contributed by atoms with Crippen LogP contribution in [-0.2, 0) is 9.53 Å². The summed E-state index contributed by atoms with van der Waals surface area (Å²) in [5.74, 6) is 1.15. The van der Waals surface area contributed by atoms with E-state index in [2.05, 4.69) is 14.8 Å². The lowest BCUT2D eigenvalue weighted by molar-refractivity contribution is -0.149. The molecular weight excluding hydrogens is 326 g/mol. The zero-order valence-electron chi connectivity index (χ0n) is 13.9. The quantitative estimate of drug-likeness (QED) is 0.823. The maximum atomic E-state index is 13.3. The van der Waals surface area contributed by atoms with Crippen molar-refractivity contribution in [1.29, 1.82) is 0 Å². The fraction of sp³-hybridized carbons (Fsp3) is 0.667. The van der Waals surface area contributed by atoms with Crippen molar-refractivity contribution in [3.8, 4) is 0 Å². The van der Waals surface area contributed by atoms with Crippen LogP contribution in [0.15, 0.2) is 18.3 Å². The summed E-state index contributed by atoms with van der Waals surface area (Å²) in [4.78, 5) is 22.1. The Kier molecular flexibility index (Phi) is 4.39. The zero-order valence-corrected chi connectivity index (χ0v) is 14.7. The van der Waals surface area contributed by atoms with Gasteiger partial charge >= 0.3 is 0 Å². The number of anilines is 1. The average Bonchev–Trinajstić information content (AvgIpc) is 3.04. The van der Waals surface area contributed by atoms with Crippen LogP contribution in [0.4, 0.5) is 5.82 Å². The van der Waals surface area contributed by atoms with Gasteiger partial charge in [0.2, 0.25) is 5.91 Å². The Morgan fingerprint density at radius 1 is 1.25 bits per heavy atom. The SMILES string of the molecule is O=C1N(C2CCOCC2)CCC[C@@]12CCN(c1ncccc1Cl)C2. The number of carbonyl (C=O) groups excluding carboxylic acids is 1. The van der Waals surface area contributed by atoms with E-state index in [1.54, 1.807) is 6.20 Å². The average molecular weight is 350 g/mol. The summed E-state index contributed by atoms with van der Waals surface area (Å²) < 4.78 is 5.46. The number of piperidine rings is 1. The summed E-state index contributed by atoms with van der Waals surface area (Å²) in [5.41, 5.74) is -0.253. The van der Waals surface area contributed by atoms with Crippen molar-refractivity contribution in [1.82, 2.24) is 9.88 Å². The van der Waals surface area contributed by atoms with E-state index in [9.17, 15) is 4.79 Å². The first kappa shape index (κ1) is 16.2. The molecule has 0 aliphatic carbocycles. The van der Waals surface area contributed by atoms with E-state index in [4.69, 9.17) is 16.3 Å². The summed E-state index contributed by atoms with van der Waals surface area (Å²) in [7, 11) is 0. The minimum atomic E-state index is -0.253. The Bertz CT molecular complexity index is 620. The van der Waals surface area contributed by atoms with Crippen molar-refractivity contribution in [2.24, 2.45) is 5.41 Å². The van der Waals surface area contributed by atoms with E-state index in [1.807, 2.05) is 12.1 Å². The highest BCUT2D eigenvalue weighted by atomic mass is 35.5. The largest absolute Gasteiger partial charge is 0.381 e. The molecule has 0 N–H and O–H groups in total. The Labute approximate surface area is 147 Å². The molecule has 6 heteroatoms. The normalized spacial score (nSPS) is 28.8. The number of amides is 1. The first-order valence-corrected chi connectivity index (χ1v) is 9.32. The molecule has 1 aromatic heterocycles. The number of rotatable bonds is 2. The van der Waals surface area contributed by atoms with E-state index in [0.717, 1.165) is 70.8 Å². The van der Waals surface area contributed by atoms with Crippen LogP contribution < -0.4 is 4.90 Å². The van der Waals surface area contributed by atoms with Gasteiger partial charge in [0.25, 0.3) is 0 Å². The summed E-state index contributed by atoms with van der Waals surface area (Å²) >= 11 is 6.31. The maximum absolute atomic E-state index is 13.3. The van der Waals surface area contributed by atoms with Crippen molar-refractivity contribution in [2.45, 2.75) is 38.1 Å². The van der Waals surface area contributed by atoms with E-state index in [1.165, 1.54) is 0 Å². The fourth-order valence-electron chi connectivity index (χ4n) is 4.49. The van der Waals surface area contributed by atoms with Crippen molar-refractivity contribution in [3.05, 3.63) is 23.4 Å². The molecule has 4 heterocycles. The van der Waals surface area contributed by atoms with Crippen LogP contribution in [0.25, 0.3) is 0 Å². The second-order valence-corrected chi connectivity index (χ2v) is 7.61. The molecule has 4 rings (SSSR count). The van der Waals surface area contributed by atoms with E-state index in [0.29, 0.717) is 17.0 Å². The Morgan fingerprint density at radius 2 is 2.08 bits per heavy atom. The zero-order chi connectivity index (χ0) is 16.6. The lowest BCUT2D eigenvalue weighted by atomic mass is 9.77. The molecule has 0 radical (unpaired) electrons. The van der Waals surface area contributed by atoms with Crippen LogP contribution in [0.2, 0.25) is 5.02 Å². The second-order valence-electron chi connectivity index (χ2n) is 7.21. The number of likely N-dealkylation sites (tertiary alicyclic amines) is 1. The van der Waals surface area contributed by atoms with E-state index >= 15 is 0 Å². The molecule has 5 nitrogen and oxygen atoms in total. The van der Waals surface area contributed by atoms with Gasteiger partial charge < -0.3 is 14.5 Å². The first-order chi connectivity index (χ1) is 11.7. The second kappa shape index (κ2) is 6.52. The van der Waals surface area contributed by atoms with Gasteiger partial charge in [-0.25, -0.2) is 4.98 Å². The molecule has 0 bridgehead atoms.